The smallest absolute Gasteiger partial charge is 0.0522 e. The normalized spacial score (nSPS) is 12.8. The second-order valence-electron chi connectivity index (χ2n) is 4.68. The molecule has 2 heterocycles. The minimum Gasteiger partial charge on any atom is -0.309 e. The van der Waals surface area contributed by atoms with Crippen molar-refractivity contribution >= 4 is 11.3 Å². The van der Waals surface area contributed by atoms with E-state index in [0.29, 0.717) is 6.04 Å². The lowest BCUT2D eigenvalue weighted by molar-refractivity contribution is 0.557. The van der Waals surface area contributed by atoms with E-state index in [-0.39, 0.29) is 0 Å². The summed E-state index contributed by atoms with van der Waals surface area (Å²) in [6.45, 7) is 8.42. The van der Waals surface area contributed by atoms with Crippen LogP contribution in [-0.2, 0) is 19.4 Å². The largest absolute Gasteiger partial charge is 0.309 e. The molecule has 0 aliphatic carbocycles. The van der Waals surface area contributed by atoms with Crippen LogP contribution in [0.4, 0.5) is 0 Å². The number of thiophene rings is 1. The molecular formula is C15H23N3S. The van der Waals surface area contributed by atoms with Crippen molar-refractivity contribution in [3.8, 4) is 0 Å². The summed E-state index contributed by atoms with van der Waals surface area (Å²) in [7, 11) is 0. The number of hydrogen-bond acceptors (Lipinski definition) is 3. The van der Waals surface area contributed by atoms with Crippen LogP contribution < -0.4 is 5.32 Å². The molecule has 4 heteroatoms. The lowest BCUT2D eigenvalue weighted by atomic mass is 10.1. The van der Waals surface area contributed by atoms with E-state index in [1.807, 2.05) is 22.2 Å². The highest BCUT2D eigenvalue weighted by Gasteiger charge is 2.14. The fourth-order valence-corrected chi connectivity index (χ4v) is 3.24. The van der Waals surface area contributed by atoms with Crippen LogP contribution in [0, 0.1) is 0 Å². The van der Waals surface area contributed by atoms with Crippen LogP contribution in [-0.4, -0.2) is 16.3 Å². The first-order chi connectivity index (χ1) is 9.26. The molecule has 1 N–H and O–H groups in total. The van der Waals surface area contributed by atoms with E-state index in [4.69, 9.17) is 0 Å². The van der Waals surface area contributed by atoms with Gasteiger partial charge in [-0.3, -0.25) is 4.68 Å². The molecule has 0 radical (unpaired) electrons. The van der Waals surface area contributed by atoms with Crippen LogP contribution in [0.2, 0.25) is 0 Å². The Morgan fingerprint density at radius 3 is 2.74 bits per heavy atom. The molecule has 0 aromatic carbocycles. The molecule has 2 rings (SSSR count). The summed E-state index contributed by atoms with van der Waals surface area (Å²) in [5.41, 5.74) is 1.30. The minimum atomic E-state index is 0.407. The van der Waals surface area contributed by atoms with Crippen molar-refractivity contribution in [1.82, 2.24) is 15.1 Å². The predicted molar refractivity (Wildman–Crippen MR) is 81.7 cm³/mol. The molecule has 2 aromatic heterocycles. The van der Waals surface area contributed by atoms with Gasteiger partial charge in [0, 0.05) is 28.5 Å². The van der Waals surface area contributed by atoms with Crippen molar-refractivity contribution in [3.63, 3.8) is 0 Å². The van der Waals surface area contributed by atoms with Gasteiger partial charge in [0.15, 0.2) is 0 Å². The summed E-state index contributed by atoms with van der Waals surface area (Å²) < 4.78 is 1.99. The molecule has 1 unspecified atom stereocenters. The molecule has 0 fully saturated rings. The third-order valence-corrected chi connectivity index (χ3v) is 4.62. The monoisotopic (exact) mass is 277 g/mol. The van der Waals surface area contributed by atoms with Crippen LogP contribution >= 0.6 is 11.3 Å². The maximum Gasteiger partial charge on any atom is 0.0522 e. The van der Waals surface area contributed by atoms with Crippen LogP contribution in [0.15, 0.2) is 24.5 Å². The Hall–Kier alpha value is -1.13. The van der Waals surface area contributed by atoms with Crippen molar-refractivity contribution < 1.29 is 0 Å². The summed E-state index contributed by atoms with van der Waals surface area (Å²) in [5, 5.41) is 7.94. The summed E-state index contributed by atoms with van der Waals surface area (Å²) >= 11 is 1.92. The molecule has 2 aromatic rings. The number of aryl methyl sites for hydroxylation is 2. The molecule has 0 saturated heterocycles. The number of nitrogens with one attached hydrogen (secondary N) is 1. The Morgan fingerprint density at radius 2 is 2.16 bits per heavy atom. The van der Waals surface area contributed by atoms with E-state index in [1.54, 1.807) is 0 Å². The summed E-state index contributed by atoms with van der Waals surface area (Å²) in [6, 6.07) is 4.92. The summed E-state index contributed by atoms with van der Waals surface area (Å²) in [4.78, 5) is 2.89. The topological polar surface area (TPSA) is 29.9 Å². The first-order valence-corrected chi connectivity index (χ1v) is 7.91. The molecular weight excluding hydrogens is 254 g/mol. The van der Waals surface area contributed by atoms with Crippen molar-refractivity contribution in [2.24, 2.45) is 0 Å². The highest BCUT2D eigenvalue weighted by molar-refractivity contribution is 7.12. The molecule has 0 spiro atoms. The minimum absolute atomic E-state index is 0.407. The first kappa shape index (κ1) is 14.3. The van der Waals surface area contributed by atoms with Gasteiger partial charge in [-0.05, 0) is 44.0 Å². The molecule has 1 atom stereocenters. The standard InChI is InChI=1S/C15H23N3S/c1-4-13-7-8-15(19-13)14(16-5-2)9-12-10-17-18(6-3)11-12/h7-8,10-11,14,16H,4-6,9H2,1-3H3. The van der Waals surface area contributed by atoms with E-state index in [0.717, 1.165) is 25.9 Å². The average molecular weight is 277 g/mol. The quantitative estimate of drug-likeness (QED) is 0.840. The van der Waals surface area contributed by atoms with Gasteiger partial charge in [0.05, 0.1) is 6.20 Å². The summed E-state index contributed by atoms with van der Waals surface area (Å²) in [6.07, 6.45) is 6.27. The van der Waals surface area contributed by atoms with Crippen molar-refractivity contribution in [3.05, 3.63) is 39.8 Å². The fourth-order valence-electron chi connectivity index (χ4n) is 2.21. The van der Waals surface area contributed by atoms with Gasteiger partial charge in [-0.2, -0.15) is 5.10 Å². The Morgan fingerprint density at radius 1 is 1.32 bits per heavy atom. The molecule has 0 bridgehead atoms. The van der Waals surface area contributed by atoms with Crippen molar-refractivity contribution in [2.45, 2.75) is 46.2 Å². The van der Waals surface area contributed by atoms with E-state index < -0.39 is 0 Å². The van der Waals surface area contributed by atoms with Crippen molar-refractivity contribution in [1.29, 1.82) is 0 Å². The molecule has 0 aliphatic rings. The summed E-state index contributed by atoms with van der Waals surface area (Å²) in [5.74, 6) is 0. The molecule has 0 aliphatic heterocycles. The Kier molecular flexibility index (Phi) is 5.16. The maximum atomic E-state index is 4.36. The van der Waals surface area contributed by atoms with Crippen LogP contribution in [0.3, 0.4) is 0 Å². The van der Waals surface area contributed by atoms with E-state index in [2.05, 4.69) is 49.5 Å². The Labute approximate surface area is 119 Å². The lowest BCUT2D eigenvalue weighted by Gasteiger charge is -2.15. The molecule has 3 nitrogen and oxygen atoms in total. The SMILES string of the molecule is CCNC(Cc1cnn(CC)c1)c1ccc(CC)s1. The highest BCUT2D eigenvalue weighted by Crippen LogP contribution is 2.26. The van der Waals surface area contributed by atoms with Crippen LogP contribution in [0.1, 0.15) is 42.1 Å². The lowest BCUT2D eigenvalue weighted by Crippen LogP contribution is -2.21. The third-order valence-electron chi connectivity index (χ3n) is 3.28. The Bertz CT molecular complexity index is 501. The zero-order valence-corrected chi connectivity index (χ0v) is 12.8. The number of aromatic nitrogens is 2. The van der Waals surface area contributed by atoms with Gasteiger partial charge < -0.3 is 5.32 Å². The van der Waals surface area contributed by atoms with Gasteiger partial charge in [0.25, 0.3) is 0 Å². The zero-order valence-electron chi connectivity index (χ0n) is 12.0. The van der Waals surface area contributed by atoms with E-state index >= 15 is 0 Å². The zero-order chi connectivity index (χ0) is 13.7. The van der Waals surface area contributed by atoms with Crippen LogP contribution in [0.25, 0.3) is 0 Å². The van der Waals surface area contributed by atoms with Gasteiger partial charge in [-0.15, -0.1) is 11.3 Å². The molecule has 19 heavy (non-hydrogen) atoms. The Balaban J connectivity index is 2.10. The average Bonchev–Trinajstić information content (AvgIpc) is 3.06. The van der Waals surface area contributed by atoms with Gasteiger partial charge in [0.2, 0.25) is 0 Å². The third kappa shape index (κ3) is 3.67. The number of nitrogens with zero attached hydrogens (tertiary/aromatic N) is 2. The highest BCUT2D eigenvalue weighted by atomic mass is 32.1. The fraction of sp³-hybridized carbons (Fsp3) is 0.533. The second-order valence-corrected chi connectivity index (χ2v) is 5.88. The van der Waals surface area contributed by atoms with Crippen molar-refractivity contribution in [2.75, 3.05) is 6.54 Å². The predicted octanol–water partition coefficient (Wildman–Crippen LogP) is 3.42. The number of likely N-dealkylation sites (N-methyl/N-ethyl adjacent to an activating group) is 1. The van der Waals surface area contributed by atoms with E-state index in [1.165, 1.54) is 15.3 Å². The van der Waals surface area contributed by atoms with E-state index in [9.17, 15) is 0 Å². The second kappa shape index (κ2) is 6.87. The van der Waals surface area contributed by atoms with Gasteiger partial charge >= 0.3 is 0 Å². The van der Waals surface area contributed by atoms with Gasteiger partial charge in [-0.25, -0.2) is 0 Å². The molecule has 104 valence electrons. The maximum absolute atomic E-state index is 4.36. The van der Waals surface area contributed by atoms with Gasteiger partial charge in [-0.1, -0.05) is 13.8 Å². The number of rotatable bonds is 7. The van der Waals surface area contributed by atoms with Gasteiger partial charge in [0.1, 0.15) is 0 Å². The molecule has 0 amide bonds. The molecule has 0 saturated carbocycles. The number of hydrogen-bond donors (Lipinski definition) is 1. The first-order valence-electron chi connectivity index (χ1n) is 7.10. The van der Waals surface area contributed by atoms with Crippen LogP contribution in [0.5, 0.6) is 0 Å².